The van der Waals surface area contributed by atoms with Gasteiger partial charge in [0.2, 0.25) is 0 Å². The number of hydrogen-bond acceptors (Lipinski definition) is 11. The lowest BCUT2D eigenvalue weighted by Crippen LogP contribution is -2.39. The van der Waals surface area contributed by atoms with Crippen molar-refractivity contribution in [1.82, 2.24) is 0 Å². The highest BCUT2D eigenvalue weighted by atomic mass is 16.7. The van der Waals surface area contributed by atoms with Gasteiger partial charge in [0.05, 0.1) is 19.1 Å². The smallest absolute Gasteiger partial charge is 0.459 e. The van der Waals surface area contributed by atoms with Gasteiger partial charge in [0, 0.05) is 0 Å². The second kappa shape index (κ2) is 17.4. The number of nitrogens with two attached hydrogens (primary N) is 1. The van der Waals surface area contributed by atoms with E-state index in [2.05, 4.69) is 0 Å². The highest BCUT2D eigenvalue weighted by Crippen LogP contribution is 2.30. The fraction of sp³-hybridized carbons (Fsp3) is 0.655. The van der Waals surface area contributed by atoms with Gasteiger partial charge in [-0.3, -0.25) is 9.59 Å². The summed E-state index contributed by atoms with van der Waals surface area (Å²) in [5.41, 5.74) is 6.57. The van der Waals surface area contributed by atoms with Gasteiger partial charge in [-0.25, -0.2) is 9.59 Å². The summed E-state index contributed by atoms with van der Waals surface area (Å²) in [6, 6.07) is 3.32. The van der Waals surface area contributed by atoms with Gasteiger partial charge in [0.15, 0.2) is 11.5 Å². The molecule has 0 aliphatic rings. The minimum Gasteiger partial charge on any atom is -0.459 e. The molecule has 0 bridgehead atoms. The molecule has 2 N–H and O–H groups in total. The number of esters is 2. The van der Waals surface area contributed by atoms with E-state index >= 15 is 0 Å². The van der Waals surface area contributed by atoms with Gasteiger partial charge in [-0.1, -0.05) is 47.6 Å². The molecule has 0 amide bonds. The quantitative estimate of drug-likeness (QED) is 0.169. The minimum atomic E-state index is -1.07. The number of rotatable bonds is 15. The van der Waals surface area contributed by atoms with Gasteiger partial charge >= 0.3 is 24.2 Å². The van der Waals surface area contributed by atoms with Crippen molar-refractivity contribution in [3.8, 4) is 11.5 Å². The van der Waals surface area contributed by atoms with Crippen LogP contribution >= 0.6 is 0 Å². The van der Waals surface area contributed by atoms with Crippen molar-refractivity contribution in [2.45, 2.75) is 92.9 Å². The van der Waals surface area contributed by atoms with Gasteiger partial charge in [0.25, 0.3) is 0 Å². The summed E-state index contributed by atoms with van der Waals surface area (Å²) < 4.78 is 31.4. The van der Waals surface area contributed by atoms with Crippen molar-refractivity contribution in [3.63, 3.8) is 0 Å². The number of hydrogen-bond donors (Lipinski definition) is 1. The first-order valence-corrected chi connectivity index (χ1v) is 13.7. The predicted octanol–water partition coefficient (Wildman–Crippen LogP) is 5.20. The van der Waals surface area contributed by atoms with E-state index in [1.807, 2.05) is 27.7 Å². The first kappa shape index (κ1) is 34.7. The van der Waals surface area contributed by atoms with E-state index in [1.165, 1.54) is 12.1 Å². The van der Waals surface area contributed by atoms with Crippen LogP contribution in [0.15, 0.2) is 18.2 Å². The van der Waals surface area contributed by atoms with Gasteiger partial charge in [-0.15, -0.1) is 0 Å². The minimum absolute atomic E-state index is 0.0174. The average Bonchev–Trinajstić information content (AvgIpc) is 2.84. The van der Waals surface area contributed by atoms with Gasteiger partial charge < -0.3 is 34.2 Å². The van der Waals surface area contributed by atoms with Crippen molar-refractivity contribution in [2.75, 3.05) is 13.2 Å². The van der Waals surface area contributed by atoms with Crippen LogP contribution in [0.3, 0.4) is 0 Å². The van der Waals surface area contributed by atoms with Crippen molar-refractivity contribution < 1.29 is 47.6 Å². The van der Waals surface area contributed by atoms with E-state index in [-0.39, 0.29) is 37.1 Å². The Hall–Kier alpha value is -3.34. The summed E-state index contributed by atoms with van der Waals surface area (Å²) in [4.78, 5) is 48.9. The van der Waals surface area contributed by atoms with Crippen LogP contribution in [0.5, 0.6) is 11.5 Å². The molecule has 1 aromatic rings. The molecular formula is C29H45NO10. The average molecular weight is 568 g/mol. The molecule has 226 valence electrons. The zero-order chi connectivity index (χ0) is 30.4. The third kappa shape index (κ3) is 13.6. The van der Waals surface area contributed by atoms with E-state index in [1.54, 1.807) is 33.8 Å². The second-order valence-electron chi connectivity index (χ2n) is 10.8. The highest BCUT2D eigenvalue weighted by Gasteiger charge is 2.26. The van der Waals surface area contributed by atoms with E-state index in [0.717, 1.165) is 0 Å². The van der Waals surface area contributed by atoms with Gasteiger partial charge in [-0.05, 0) is 62.6 Å². The van der Waals surface area contributed by atoms with Crippen molar-refractivity contribution in [2.24, 2.45) is 23.5 Å². The zero-order valence-corrected chi connectivity index (χ0v) is 24.9. The highest BCUT2D eigenvalue weighted by molar-refractivity contribution is 5.76. The lowest BCUT2D eigenvalue weighted by atomic mass is 10.1. The maximum atomic E-state index is 12.6. The Kier molecular flexibility index (Phi) is 15.1. The molecule has 40 heavy (non-hydrogen) atoms. The van der Waals surface area contributed by atoms with E-state index < -0.39 is 42.5 Å². The second-order valence-corrected chi connectivity index (χ2v) is 10.8. The Balaban J connectivity index is 2.93. The van der Waals surface area contributed by atoms with Crippen molar-refractivity contribution in [1.29, 1.82) is 0 Å². The van der Waals surface area contributed by atoms with Crippen LogP contribution in [0.4, 0.5) is 9.59 Å². The molecule has 11 heteroatoms. The van der Waals surface area contributed by atoms with Crippen LogP contribution in [-0.2, 0) is 35.0 Å². The van der Waals surface area contributed by atoms with Crippen LogP contribution in [-0.4, -0.2) is 55.7 Å². The number of carbonyl (C=O) groups is 4. The first-order chi connectivity index (χ1) is 18.7. The summed E-state index contributed by atoms with van der Waals surface area (Å²) in [7, 11) is 0. The van der Waals surface area contributed by atoms with Gasteiger partial charge in [0.1, 0.15) is 18.2 Å². The molecule has 11 nitrogen and oxygen atoms in total. The predicted molar refractivity (Wildman–Crippen MR) is 147 cm³/mol. The van der Waals surface area contributed by atoms with E-state index in [4.69, 9.17) is 34.2 Å². The van der Waals surface area contributed by atoms with Crippen molar-refractivity contribution >= 4 is 24.2 Å². The molecule has 0 spiro atoms. The van der Waals surface area contributed by atoms with Crippen molar-refractivity contribution in [3.05, 3.63) is 23.8 Å². The van der Waals surface area contributed by atoms with Gasteiger partial charge in [-0.2, -0.15) is 0 Å². The molecule has 0 saturated carbocycles. The number of carbonyl (C=O) groups excluding carboxylic acids is 4. The molecule has 0 unspecified atom stereocenters. The third-order valence-electron chi connectivity index (χ3n) is 5.72. The molecular weight excluding hydrogens is 522 g/mol. The summed E-state index contributed by atoms with van der Waals surface area (Å²) >= 11 is 0. The summed E-state index contributed by atoms with van der Waals surface area (Å²) in [5, 5.41) is 0. The van der Waals surface area contributed by atoms with E-state index in [9.17, 15) is 19.2 Å². The fourth-order valence-corrected chi connectivity index (χ4v) is 2.96. The summed E-state index contributed by atoms with van der Waals surface area (Å²) in [5.74, 6) is -0.926. The van der Waals surface area contributed by atoms with Crippen LogP contribution in [0.2, 0.25) is 0 Å². The maximum Gasteiger partial charge on any atom is 0.513 e. The van der Waals surface area contributed by atoms with Crippen LogP contribution in [0.1, 0.15) is 73.8 Å². The SMILES string of the molecule is CC(C)CCOC(=O)Oc1ccc(C[C@H](N)C(=O)O[C@@H](C)[C@H](C)OC(=O)C(C)C)cc1OC(=O)OCCC(C)C. The number of ether oxygens (including phenoxy) is 6. The topological polar surface area (TPSA) is 150 Å². The Morgan fingerprint density at radius 2 is 1.18 bits per heavy atom. The largest absolute Gasteiger partial charge is 0.513 e. The Morgan fingerprint density at radius 1 is 0.700 bits per heavy atom. The molecule has 3 atom stereocenters. The summed E-state index contributed by atoms with van der Waals surface area (Å²) in [6.07, 6.45) is -1.99. The molecule has 0 radical (unpaired) electrons. The Bertz CT molecular complexity index is 976. The van der Waals surface area contributed by atoms with Crippen LogP contribution in [0.25, 0.3) is 0 Å². The molecule has 0 aliphatic carbocycles. The maximum absolute atomic E-state index is 12.6. The molecule has 1 rings (SSSR count). The molecule has 0 aromatic heterocycles. The molecule has 1 aromatic carbocycles. The lowest BCUT2D eigenvalue weighted by Gasteiger charge is -2.23. The molecule has 0 aliphatic heterocycles. The number of benzene rings is 1. The lowest BCUT2D eigenvalue weighted by molar-refractivity contribution is -0.168. The first-order valence-electron chi connectivity index (χ1n) is 13.7. The Morgan fingerprint density at radius 3 is 1.65 bits per heavy atom. The van der Waals surface area contributed by atoms with Crippen LogP contribution < -0.4 is 15.2 Å². The Labute approximate surface area is 236 Å². The third-order valence-corrected chi connectivity index (χ3v) is 5.72. The monoisotopic (exact) mass is 567 g/mol. The zero-order valence-electron chi connectivity index (χ0n) is 24.9. The molecule has 0 heterocycles. The normalized spacial score (nSPS) is 13.4. The fourth-order valence-electron chi connectivity index (χ4n) is 2.96. The van der Waals surface area contributed by atoms with Crippen LogP contribution in [0, 0.1) is 17.8 Å². The summed E-state index contributed by atoms with van der Waals surface area (Å²) in [6.45, 7) is 14.9. The molecule has 0 saturated heterocycles. The standard InChI is InChI=1S/C29H45NO10/c1-17(2)11-13-35-28(33)39-24-10-9-22(16-25(24)40-29(34)36-14-12-18(3)4)15-23(30)27(32)38-21(8)20(7)37-26(31)19(5)6/h9-10,16-21,23H,11-15,30H2,1-8H3/t20-,21-,23-/m0/s1. The van der Waals surface area contributed by atoms with E-state index in [0.29, 0.717) is 30.2 Å². The molecule has 0 fully saturated rings.